The number of hydrogen-bond donors (Lipinski definition) is 5. The first-order valence-electron chi connectivity index (χ1n) is 9.33. The molecule has 1 aliphatic carbocycles. The molecule has 0 aromatic carbocycles. The third-order valence-corrected chi connectivity index (χ3v) is 5.59. The van der Waals surface area contributed by atoms with Crippen molar-refractivity contribution in [3.05, 3.63) is 35.5 Å². The number of rotatable bonds is 5. The van der Waals surface area contributed by atoms with Gasteiger partial charge in [-0.3, -0.25) is 0 Å². The molecule has 3 heterocycles. The van der Waals surface area contributed by atoms with E-state index in [9.17, 15) is 19.7 Å². The second-order valence-electron chi connectivity index (χ2n) is 7.38. The third kappa shape index (κ3) is 3.91. The van der Waals surface area contributed by atoms with E-state index < -0.39 is 24.1 Å². The minimum Gasteiger partial charge on any atom is -0.394 e. The first-order chi connectivity index (χ1) is 13.9. The number of H-pyrrole nitrogens is 1. The monoisotopic (exact) mass is 421 g/mol. The van der Waals surface area contributed by atoms with Crippen LogP contribution in [0.2, 0.25) is 5.02 Å². The van der Waals surface area contributed by atoms with Crippen molar-refractivity contribution in [2.45, 2.75) is 43.4 Å². The molecule has 0 radical (unpaired) electrons. The number of fused-ring (bicyclic) bond motifs is 1. The summed E-state index contributed by atoms with van der Waals surface area (Å²) in [6, 6.07) is 1.42. The molecular formula is C19H21ClFN5O3. The second kappa shape index (κ2) is 7.83. The van der Waals surface area contributed by atoms with E-state index in [4.69, 9.17) is 11.6 Å². The largest absolute Gasteiger partial charge is 0.394 e. The van der Waals surface area contributed by atoms with Crippen LogP contribution in [0.1, 0.15) is 25.7 Å². The first-order valence-corrected chi connectivity index (χ1v) is 9.71. The molecule has 8 nitrogen and oxygen atoms in total. The predicted octanol–water partition coefficient (Wildman–Crippen LogP) is 2.25. The molecule has 3 aromatic heterocycles. The normalized spacial score (nSPS) is 23.3. The lowest BCUT2D eigenvalue weighted by atomic mass is 9.78. The Bertz CT molecular complexity index is 1030. The van der Waals surface area contributed by atoms with E-state index in [0.29, 0.717) is 46.7 Å². The molecule has 154 valence electrons. The Morgan fingerprint density at radius 3 is 3.00 bits per heavy atom. The summed E-state index contributed by atoms with van der Waals surface area (Å²) in [4.78, 5) is 15.6. The molecule has 3 aromatic rings. The van der Waals surface area contributed by atoms with Gasteiger partial charge in [0, 0.05) is 29.4 Å². The average Bonchev–Trinajstić information content (AvgIpc) is 3.12. The highest BCUT2D eigenvalue weighted by Crippen LogP contribution is 2.34. The van der Waals surface area contributed by atoms with Crippen LogP contribution in [0, 0.1) is 5.82 Å². The molecule has 1 fully saturated rings. The van der Waals surface area contributed by atoms with Crippen LogP contribution in [0.15, 0.2) is 24.7 Å². The number of pyridine rings is 1. The van der Waals surface area contributed by atoms with Crippen LogP contribution < -0.4 is 5.32 Å². The fourth-order valence-electron chi connectivity index (χ4n) is 3.84. The Morgan fingerprint density at radius 1 is 1.38 bits per heavy atom. The molecule has 4 rings (SSSR count). The lowest BCUT2D eigenvalue weighted by molar-refractivity contribution is -0.115. The van der Waals surface area contributed by atoms with Gasteiger partial charge in [-0.2, -0.15) is 0 Å². The van der Waals surface area contributed by atoms with Crippen LogP contribution in [0.5, 0.6) is 0 Å². The number of nitrogens with zero attached hydrogens (tertiary/aromatic N) is 3. The van der Waals surface area contributed by atoms with Crippen LogP contribution in [0.4, 0.5) is 10.2 Å². The van der Waals surface area contributed by atoms with Gasteiger partial charge in [-0.05, 0) is 31.7 Å². The van der Waals surface area contributed by atoms with Crippen molar-refractivity contribution in [1.29, 1.82) is 0 Å². The molecule has 10 heteroatoms. The van der Waals surface area contributed by atoms with Crippen LogP contribution in [0.25, 0.3) is 22.4 Å². The number of halogens is 2. The minimum atomic E-state index is -1.42. The van der Waals surface area contributed by atoms with Gasteiger partial charge in [-0.1, -0.05) is 11.6 Å². The van der Waals surface area contributed by atoms with Crippen molar-refractivity contribution in [2.24, 2.45) is 0 Å². The van der Waals surface area contributed by atoms with Gasteiger partial charge in [0.05, 0.1) is 23.4 Å². The highest BCUT2D eigenvalue weighted by atomic mass is 35.5. The summed E-state index contributed by atoms with van der Waals surface area (Å²) in [5.74, 6) is -0.320. The summed E-state index contributed by atoms with van der Waals surface area (Å²) < 4.78 is 14.4. The Balaban J connectivity index is 1.61. The summed E-state index contributed by atoms with van der Waals surface area (Å²) in [5.41, 5.74) is -0.174. The summed E-state index contributed by atoms with van der Waals surface area (Å²) >= 11 is 6.03. The van der Waals surface area contributed by atoms with Crippen molar-refractivity contribution < 1.29 is 19.7 Å². The number of hydrogen-bond acceptors (Lipinski definition) is 7. The standard InChI is InChI=1S/C19H21ClFN5O3/c20-10-4-12-13(7-23-16(12)22-6-10)17-24-8-14(21)18(26-17)25-11-2-1-3-19(29,5-11)15(28)9-27/h4,6-8,11,15,27-29H,1-3,5,9H2,(H,22,23)(H,24,25,26)/t11-,15?,19?/m0/s1. The summed E-state index contributed by atoms with van der Waals surface area (Å²) in [7, 11) is 0. The number of aromatic nitrogens is 4. The van der Waals surface area contributed by atoms with Gasteiger partial charge in [0.25, 0.3) is 0 Å². The van der Waals surface area contributed by atoms with Crippen molar-refractivity contribution in [3.8, 4) is 11.4 Å². The fourth-order valence-corrected chi connectivity index (χ4v) is 3.99. The van der Waals surface area contributed by atoms with E-state index in [0.717, 1.165) is 6.20 Å². The average molecular weight is 422 g/mol. The van der Waals surface area contributed by atoms with Gasteiger partial charge in [-0.15, -0.1) is 0 Å². The smallest absolute Gasteiger partial charge is 0.183 e. The van der Waals surface area contributed by atoms with Crippen LogP contribution >= 0.6 is 11.6 Å². The van der Waals surface area contributed by atoms with Crippen LogP contribution in [-0.2, 0) is 0 Å². The van der Waals surface area contributed by atoms with Gasteiger partial charge in [0.15, 0.2) is 17.5 Å². The van der Waals surface area contributed by atoms with Crippen molar-refractivity contribution in [1.82, 2.24) is 19.9 Å². The molecule has 0 amide bonds. The molecule has 0 saturated heterocycles. The van der Waals surface area contributed by atoms with E-state index in [-0.39, 0.29) is 18.3 Å². The van der Waals surface area contributed by atoms with E-state index in [1.54, 1.807) is 12.3 Å². The number of aliphatic hydroxyl groups is 3. The zero-order chi connectivity index (χ0) is 20.6. The molecule has 2 unspecified atom stereocenters. The van der Waals surface area contributed by atoms with Crippen molar-refractivity contribution in [3.63, 3.8) is 0 Å². The van der Waals surface area contributed by atoms with Crippen LogP contribution in [0.3, 0.4) is 0 Å². The SMILES string of the molecule is OCC(O)C1(O)CCC[C@H](Nc2nc(-c3c[nH]c4ncc(Cl)cc34)ncc2F)C1. The molecule has 1 saturated carbocycles. The molecule has 29 heavy (non-hydrogen) atoms. The maximum Gasteiger partial charge on any atom is 0.183 e. The Labute approximate surface area is 170 Å². The topological polar surface area (TPSA) is 127 Å². The molecule has 1 aliphatic rings. The quantitative estimate of drug-likeness (QED) is 0.427. The molecule has 0 bridgehead atoms. The molecule has 0 aliphatic heterocycles. The van der Waals surface area contributed by atoms with Gasteiger partial charge >= 0.3 is 0 Å². The van der Waals surface area contributed by atoms with Gasteiger partial charge < -0.3 is 25.6 Å². The van der Waals surface area contributed by atoms with Gasteiger partial charge in [-0.25, -0.2) is 19.3 Å². The maximum atomic E-state index is 14.4. The second-order valence-corrected chi connectivity index (χ2v) is 7.82. The Morgan fingerprint density at radius 2 is 2.21 bits per heavy atom. The van der Waals surface area contributed by atoms with Crippen LogP contribution in [-0.4, -0.2) is 59.6 Å². The van der Waals surface area contributed by atoms with Gasteiger partial charge in [0.1, 0.15) is 11.8 Å². The Hall–Kier alpha value is -2.33. The van der Waals surface area contributed by atoms with E-state index in [2.05, 4.69) is 25.3 Å². The number of anilines is 1. The number of nitrogens with one attached hydrogen (secondary N) is 2. The lowest BCUT2D eigenvalue weighted by Gasteiger charge is -2.39. The summed E-state index contributed by atoms with van der Waals surface area (Å²) in [5, 5.41) is 33.9. The summed E-state index contributed by atoms with van der Waals surface area (Å²) in [6.07, 6.45) is 4.87. The highest BCUT2D eigenvalue weighted by Gasteiger charge is 2.40. The number of aromatic amines is 1. The maximum absolute atomic E-state index is 14.4. The highest BCUT2D eigenvalue weighted by molar-refractivity contribution is 6.31. The van der Waals surface area contributed by atoms with Crippen molar-refractivity contribution in [2.75, 3.05) is 11.9 Å². The predicted molar refractivity (Wildman–Crippen MR) is 106 cm³/mol. The summed E-state index contributed by atoms with van der Waals surface area (Å²) in [6.45, 7) is -0.535. The lowest BCUT2D eigenvalue weighted by Crippen LogP contribution is -2.50. The molecule has 3 atom stereocenters. The first kappa shape index (κ1) is 20.0. The fraction of sp³-hybridized carbons (Fsp3) is 0.421. The van der Waals surface area contributed by atoms with E-state index in [1.807, 2.05) is 0 Å². The van der Waals surface area contributed by atoms with E-state index >= 15 is 0 Å². The zero-order valence-corrected chi connectivity index (χ0v) is 16.2. The van der Waals surface area contributed by atoms with Crippen molar-refractivity contribution >= 4 is 28.5 Å². The third-order valence-electron chi connectivity index (χ3n) is 5.38. The number of aliphatic hydroxyl groups excluding tert-OH is 2. The molecular weight excluding hydrogens is 401 g/mol. The molecule has 0 spiro atoms. The zero-order valence-electron chi connectivity index (χ0n) is 15.4. The minimum absolute atomic E-state index is 0.00655. The molecule has 5 N–H and O–H groups in total. The Kier molecular flexibility index (Phi) is 5.39. The van der Waals surface area contributed by atoms with Gasteiger partial charge in [0.2, 0.25) is 0 Å². The van der Waals surface area contributed by atoms with E-state index in [1.165, 1.54) is 6.20 Å².